The SMILES string of the molecule is O=C(O)C1(CI)CCc2cnccc2C1=O. The molecule has 4 nitrogen and oxygen atoms in total. The molecule has 84 valence electrons. The number of ketones is 1. The number of halogens is 1. The van der Waals surface area contributed by atoms with E-state index in [1.165, 1.54) is 6.20 Å². The van der Waals surface area contributed by atoms with Gasteiger partial charge in [0.25, 0.3) is 0 Å². The number of fused-ring (bicyclic) bond motifs is 1. The van der Waals surface area contributed by atoms with Gasteiger partial charge in [0.1, 0.15) is 5.41 Å². The highest BCUT2D eigenvalue weighted by atomic mass is 127. The van der Waals surface area contributed by atoms with Gasteiger partial charge in [-0.25, -0.2) is 0 Å². The third-order valence-electron chi connectivity index (χ3n) is 3.04. The first-order chi connectivity index (χ1) is 7.62. The maximum Gasteiger partial charge on any atom is 0.318 e. The van der Waals surface area contributed by atoms with Crippen molar-refractivity contribution >= 4 is 34.3 Å². The maximum atomic E-state index is 12.2. The van der Waals surface area contributed by atoms with Gasteiger partial charge < -0.3 is 5.11 Å². The highest BCUT2D eigenvalue weighted by Gasteiger charge is 2.48. The van der Waals surface area contributed by atoms with E-state index >= 15 is 0 Å². The number of aliphatic carboxylic acids is 1. The molecule has 0 saturated heterocycles. The van der Waals surface area contributed by atoms with Gasteiger partial charge in [0, 0.05) is 22.4 Å². The standard InChI is InChI=1S/C11H10INO3/c12-6-11(10(15)16)3-1-7-5-13-4-2-8(7)9(11)14/h2,4-5H,1,3,6H2,(H,15,16). The molecular formula is C11H10INO3. The number of rotatable bonds is 2. The molecule has 0 fully saturated rings. The van der Waals surface area contributed by atoms with E-state index in [-0.39, 0.29) is 5.78 Å². The van der Waals surface area contributed by atoms with E-state index in [2.05, 4.69) is 4.98 Å². The zero-order valence-electron chi connectivity index (χ0n) is 8.44. The van der Waals surface area contributed by atoms with Crippen molar-refractivity contribution in [1.29, 1.82) is 0 Å². The Morgan fingerprint density at radius 2 is 2.38 bits per heavy atom. The van der Waals surface area contributed by atoms with Gasteiger partial charge >= 0.3 is 5.97 Å². The molecule has 1 heterocycles. The maximum absolute atomic E-state index is 12.2. The summed E-state index contributed by atoms with van der Waals surface area (Å²) >= 11 is 1.97. The number of carboxylic acids is 1. The van der Waals surface area contributed by atoms with Gasteiger partial charge in [0.05, 0.1) is 0 Å². The Labute approximate surface area is 106 Å². The fourth-order valence-corrected chi connectivity index (χ4v) is 3.01. The normalized spacial score (nSPS) is 23.9. The fraction of sp³-hybridized carbons (Fsp3) is 0.364. The van der Waals surface area contributed by atoms with Crippen LogP contribution in [-0.2, 0) is 11.2 Å². The first kappa shape index (κ1) is 11.5. The minimum absolute atomic E-state index is 0.280. The average molecular weight is 331 g/mol. The van der Waals surface area contributed by atoms with Crippen molar-refractivity contribution in [2.45, 2.75) is 12.8 Å². The first-order valence-corrected chi connectivity index (χ1v) is 6.41. The molecule has 1 aromatic rings. The van der Waals surface area contributed by atoms with Gasteiger partial charge in [-0.3, -0.25) is 14.6 Å². The number of hydrogen-bond donors (Lipinski definition) is 1. The molecule has 1 N–H and O–H groups in total. The molecule has 16 heavy (non-hydrogen) atoms. The smallest absolute Gasteiger partial charge is 0.318 e. The van der Waals surface area contributed by atoms with E-state index in [0.29, 0.717) is 22.8 Å². The Bertz CT molecular complexity index is 460. The minimum atomic E-state index is -1.24. The van der Waals surface area contributed by atoms with Gasteiger partial charge in [-0.2, -0.15) is 0 Å². The van der Waals surface area contributed by atoms with Gasteiger partial charge in [-0.05, 0) is 24.5 Å². The zero-order valence-corrected chi connectivity index (χ0v) is 10.6. The highest BCUT2D eigenvalue weighted by molar-refractivity contribution is 14.1. The zero-order chi connectivity index (χ0) is 11.8. The van der Waals surface area contributed by atoms with Crippen molar-refractivity contribution in [1.82, 2.24) is 4.98 Å². The molecule has 0 bridgehead atoms. The monoisotopic (exact) mass is 331 g/mol. The lowest BCUT2D eigenvalue weighted by Gasteiger charge is -2.30. The summed E-state index contributed by atoms with van der Waals surface area (Å²) in [6, 6.07) is 1.61. The Kier molecular flexibility index (Phi) is 2.96. The average Bonchev–Trinajstić information content (AvgIpc) is 2.30. The Morgan fingerprint density at radius 1 is 1.62 bits per heavy atom. The number of aryl methyl sites for hydroxylation is 1. The van der Waals surface area contributed by atoms with Crippen molar-refractivity contribution in [2.75, 3.05) is 4.43 Å². The molecule has 0 saturated carbocycles. The van der Waals surface area contributed by atoms with Crippen LogP contribution in [0.4, 0.5) is 0 Å². The van der Waals surface area contributed by atoms with Crippen LogP contribution in [0.1, 0.15) is 22.3 Å². The van der Waals surface area contributed by atoms with Crippen LogP contribution in [0.25, 0.3) is 0 Å². The van der Waals surface area contributed by atoms with Crippen LogP contribution in [0.2, 0.25) is 0 Å². The number of carboxylic acid groups (broad SMARTS) is 1. The number of alkyl halides is 1. The first-order valence-electron chi connectivity index (χ1n) is 4.89. The van der Waals surface area contributed by atoms with Crippen LogP contribution in [0.15, 0.2) is 18.5 Å². The quantitative estimate of drug-likeness (QED) is 0.509. The van der Waals surface area contributed by atoms with E-state index in [1.54, 1.807) is 12.3 Å². The van der Waals surface area contributed by atoms with Crippen molar-refractivity contribution in [2.24, 2.45) is 5.41 Å². The number of pyridine rings is 1. The van der Waals surface area contributed by atoms with E-state index in [1.807, 2.05) is 22.6 Å². The van der Waals surface area contributed by atoms with E-state index in [4.69, 9.17) is 0 Å². The molecular weight excluding hydrogens is 321 g/mol. The van der Waals surface area contributed by atoms with Crippen LogP contribution in [0.3, 0.4) is 0 Å². The molecule has 1 unspecified atom stereocenters. The molecule has 1 atom stereocenters. The third kappa shape index (κ3) is 1.53. The summed E-state index contributed by atoms with van der Waals surface area (Å²) in [4.78, 5) is 27.4. The molecule has 2 rings (SSSR count). The van der Waals surface area contributed by atoms with Crippen LogP contribution >= 0.6 is 22.6 Å². The van der Waals surface area contributed by atoms with Crippen LogP contribution < -0.4 is 0 Å². The summed E-state index contributed by atoms with van der Waals surface area (Å²) in [7, 11) is 0. The van der Waals surface area contributed by atoms with E-state index < -0.39 is 11.4 Å². The minimum Gasteiger partial charge on any atom is -0.480 e. The fourth-order valence-electron chi connectivity index (χ4n) is 1.96. The van der Waals surface area contributed by atoms with Crippen LogP contribution in [0, 0.1) is 5.41 Å². The molecule has 0 aromatic carbocycles. The number of aromatic nitrogens is 1. The molecule has 0 amide bonds. The predicted octanol–water partition coefficient (Wildman–Crippen LogP) is 1.72. The highest BCUT2D eigenvalue weighted by Crippen LogP contribution is 2.37. The van der Waals surface area contributed by atoms with Crippen molar-refractivity contribution < 1.29 is 14.7 Å². The summed E-state index contributed by atoms with van der Waals surface area (Å²) in [5, 5.41) is 9.24. The summed E-state index contributed by atoms with van der Waals surface area (Å²) in [6.45, 7) is 0. The second-order valence-electron chi connectivity index (χ2n) is 3.88. The molecule has 5 heteroatoms. The van der Waals surface area contributed by atoms with E-state index in [0.717, 1.165) is 5.56 Å². The lowest BCUT2D eigenvalue weighted by molar-refractivity contribution is -0.145. The number of hydrogen-bond acceptors (Lipinski definition) is 3. The third-order valence-corrected chi connectivity index (χ3v) is 4.34. The summed E-state index contributed by atoms with van der Waals surface area (Å²) in [6.07, 6.45) is 4.14. The second kappa shape index (κ2) is 4.12. The Hall–Kier alpha value is -0.980. The molecule has 0 aliphatic heterocycles. The van der Waals surface area contributed by atoms with Crippen molar-refractivity contribution in [3.05, 3.63) is 29.6 Å². The van der Waals surface area contributed by atoms with Gasteiger partial charge in [-0.1, -0.05) is 22.6 Å². The lowest BCUT2D eigenvalue weighted by atomic mass is 9.72. The van der Waals surface area contributed by atoms with Gasteiger partial charge in [0.2, 0.25) is 0 Å². The summed E-state index contributed by atoms with van der Waals surface area (Å²) < 4.78 is 0.306. The second-order valence-corrected chi connectivity index (χ2v) is 4.65. The number of nitrogens with zero attached hydrogens (tertiary/aromatic N) is 1. The molecule has 1 aliphatic carbocycles. The summed E-state index contributed by atoms with van der Waals surface area (Å²) in [5.41, 5.74) is 0.129. The van der Waals surface area contributed by atoms with Gasteiger partial charge in [-0.15, -0.1) is 0 Å². The largest absolute Gasteiger partial charge is 0.480 e. The van der Waals surface area contributed by atoms with Crippen molar-refractivity contribution in [3.8, 4) is 0 Å². The van der Waals surface area contributed by atoms with Crippen LogP contribution in [0.5, 0.6) is 0 Å². The van der Waals surface area contributed by atoms with E-state index in [9.17, 15) is 14.7 Å². The van der Waals surface area contributed by atoms with Crippen molar-refractivity contribution in [3.63, 3.8) is 0 Å². The predicted molar refractivity (Wildman–Crippen MR) is 65.8 cm³/mol. The molecule has 1 aromatic heterocycles. The Morgan fingerprint density at radius 3 is 3.00 bits per heavy atom. The summed E-state index contributed by atoms with van der Waals surface area (Å²) in [5.74, 6) is -1.30. The lowest BCUT2D eigenvalue weighted by Crippen LogP contribution is -2.44. The van der Waals surface area contributed by atoms with Crippen LogP contribution in [-0.4, -0.2) is 26.3 Å². The topological polar surface area (TPSA) is 67.3 Å². The molecule has 0 radical (unpaired) electrons. The Balaban J connectivity index is 2.52. The van der Waals surface area contributed by atoms with Gasteiger partial charge in [0.15, 0.2) is 5.78 Å². The number of Topliss-reactive ketones (excluding diaryl/α,β-unsaturated/α-hetero) is 1. The molecule has 0 spiro atoms. The molecule has 1 aliphatic rings. The number of carbonyl (C=O) groups excluding carboxylic acids is 1. The number of carbonyl (C=O) groups is 2.